The molecule has 1 fully saturated rings. The highest BCUT2D eigenvalue weighted by Crippen LogP contribution is 2.40. The van der Waals surface area contributed by atoms with E-state index < -0.39 is 0 Å². The molecule has 4 rings (SSSR count). The minimum absolute atomic E-state index is 0.213. The zero-order valence-electron chi connectivity index (χ0n) is 19.2. The third kappa shape index (κ3) is 4.95. The van der Waals surface area contributed by atoms with Gasteiger partial charge >= 0.3 is 6.03 Å². The van der Waals surface area contributed by atoms with Crippen LogP contribution in [0.25, 0.3) is 11.3 Å². The number of aromatic nitrogens is 2. The Morgan fingerprint density at radius 3 is 2.06 bits per heavy atom. The van der Waals surface area contributed by atoms with Gasteiger partial charge < -0.3 is 29.3 Å². The average molecular weight is 468 g/mol. The lowest BCUT2D eigenvalue weighted by Crippen LogP contribution is -2.50. The van der Waals surface area contributed by atoms with E-state index in [1.165, 1.54) is 24.3 Å². The van der Waals surface area contributed by atoms with Crippen molar-refractivity contribution in [3.05, 3.63) is 54.3 Å². The third-order valence-corrected chi connectivity index (χ3v) is 5.60. The summed E-state index contributed by atoms with van der Waals surface area (Å²) in [6.45, 7) is 2.30. The van der Waals surface area contributed by atoms with E-state index in [0.29, 0.717) is 54.8 Å². The van der Waals surface area contributed by atoms with Gasteiger partial charge in [0.15, 0.2) is 17.3 Å². The largest absolute Gasteiger partial charge is 0.493 e. The molecular weight excluding hydrogens is 441 g/mol. The van der Waals surface area contributed by atoms with Crippen LogP contribution in [-0.4, -0.2) is 68.6 Å². The maximum absolute atomic E-state index is 13.0. The summed E-state index contributed by atoms with van der Waals surface area (Å²) in [5.41, 5.74) is 2.01. The quantitative estimate of drug-likeness (QED) is 0.592. The zero-order chi connectivity index (χ0) is 24.1. The predicted molar refractivity (Wildman–Crippen MR) is 126 cm³/mol. The number of carbonyl (C=O) groups is 1. The standard InChI is InChI=1S/C24H26FN5O4/c1-32-20-14-16(15-21(33-2)23(20)34-3)19-8-9-22(28-27-19)29-10-12-30(13-11-29)24(31)26-18-6-4-17(25)5-7-18/h4-9,14-15H,10-13H2,1-3H3,(H,26,31). The molecule has 0 bridgehead atoms. The molecule has 1 saturated heterocycles. The van der Waals surface area contributed by atoms with Crippen molar-refractivity contribution in [1.82, 2.24) is 15.1 Å². The highest BCUT2D eigenvalue weighted by Gasteiger charge is 2.22. The van der Waals surface area contributed by atoms with Gasteiger partial charge in [0, 0.05) is 37.4 Å². The third-order valence-electron chi connectivity index (χ3n) is 5.60. The van der Waals surface area contributed by atoms with Crippen LogP contribution in [0, 0.1) is 5.82 Å². The van der Waals surface area contributed by atoms with E-state index in [9.17, 15) is 9.18 Å². The molecule has 3 aromatic rings. The highest BCUT2D eigenvalue weighted by molar-refractivity contribution is 5.89. The van der Waals surface area contributed by atoms with Crippen LogP contribution >= 0.6 is 0 Å². The molecule has 0 unspecified atom stereocenters. The fraction of sp³-hybridized carbons (Fsp3) is 0.292. The summed E-state index contributed by atoms with van der Waals surface area (Å²) in [4.78, 5) is 16.3. The number of anilines is 2. The number of halogens is 1. The molecule has 2 aromatic carbocycles. The first-order valence-electron chi connectivity index (χ1n) is 10.7. The van der Waals surface area contributed by atoms with Gasteiger partial charge in [-0.15, -0.1) is 10.2 Å². The van der Waals surface area contributed by atoms with Gasteiger partial charge in [-0.1, -0.05) is 0 Å². The monoisotopic (exact) mass is 467 g/mol. The van der Waals surface area contributed by atoms with E-state index in [4.69, 9.17) is 14.2 Å². The van der Waals surface area contributed by atoms with Crippen LogP contribution in [0.2, 0.25) is 0 Å². The molecule has 2 amide bonds. The van der Waals surface area contributed by atoms with E-state index >= 15 is 0 Å². The van der Waals surface area contributed by atoms with Crippen LogP contribution in [0.3, 0.4) is 0 Å². The Bertz CT molecular complexity index is 1110. The van der Waals surface area contributed by atoms with Gasteiger partial charge in [0.2, 0.25) is 5.75 Å². The summed E-state index contributed by atoms with van der Waals surface area (Å²) in [6.07, 6.45) is 0. The van der Waals surface area contributed by atoms with Gasteiger partial charge in [-0.05, 0) is 48.5 Å². The van der Waals surface area contributed by atoms with Crippen molar-refractivity contribution < 1.29 is 23.4 Å². The second-order valence-electron chi connectivity index (χ2n) is 7.60. The molecule has 1 aliphatic rings. The minimum atomic E-state index is -0.344. The Labute approximate surface area is 197 Å². The van der Waals surface area contributed by atoms with E-state index in [1.807, 2.05) is 24.3 Å². The number of hydrogen-bond donors (Lipinski definition) is 1. The lowest BCUT2D eigenvalue weighted by Gasteiger charge is -2.35. The highest BCUT2D eigenvalue weighted by atomic mass is 19.1. The summed E-state index contributed by atoms with van der Waals surface area (Å²) < 4.78 is 29.3. The van der Waals surface area contributed by atoms with Crippen molar-refractivity contribution in [2.24, 2.45) is 0 Å². The number of nitrogens with one attached hydrogen (secondary N) is 1. The Kier molecular flexibility index (Phi) is 6.95. The summed E-state index contributed by atoms with van der Waals surface area (Å²) in [5.74, 6) is 1.98. The number of nitrogens with zero attached hydrogens (tertiary/aromatic N) is 4. The summed E-state index contributed by atoms with van der Waals surface area (Å²) >= 11 is 0. The van der Waals surface area contributed by atoms with Crippen LogP contribution < -0.4 is 24.4 Å². The van der Waals surface area contributed by atoms with E-state index in [-0.39, 0.29) is 11.8 Å². The molecule has 1 aliphatic heterocycles. The van der Waals surface area contributed by atoms with Crippen molar-refractivity contribution in [3.63, 3.8) is 0 Å². The van der Waals surface area contributed by atoms with Gasteiger partial charge in [0.25, 0.3) is 0 Å². The van der Waals surface area contributed by atoms with E-state index in [1.54, 1.807) is 26.2 Å². The summed E-state index contributed by atoms with van der Waals surface area (Å²) in [6, 6.07) is 12.9. The minimum Gasteiger partial charge on any atom is -0.493 e. The van der Waals surface area contributed by atoms with Crippen LogP contribution in [0.1, 0.15) is 0 Å². The lowest BCUT2D eigenvalue weighted by molar-refractivity contribution is 0.208. The fourth-order valence-electron chi connectivity index (χ4n) is 3.75. The number of methoxy groups -OCH3 is 3. The molecule has 2 heterocycles. The number of urea groups is 1. The van der Waals surface area contributed by atoms with Crippen LogP contribution in [0.4, 0.5) is 20.7 Å². The average Bonchev–Trinajstić information content (AvgIpc) is 2.89. The molecule has 0 radical (unpaired) electrons. The molecule has 9 nitrogen and oxygen atoms in total. The first kappa shape index (κ1) is 23.1. The second-order valence-corrected chi connectivity index (χ2v) is 7.60. The Morgan fingerprint density at radius 1 is 0.882 bits per heavy atom. The normalized spacial score (nSPS) is 13.4. The molecule has 0 spiro atoms. The van der Waals surface area contributed by atoms with Crippen LogP contribution in [0.15, 0.2) is 48.5 Å². The first-order valence-corrected chi connectivity index (χ1v) is 10.7. The molecule has 0 aliphatic carbocycles. The van der Waals surface area contributed by atoms with Crippen LogP contribution in [-0.2, 0) is 0 Å². The Hall–Kier alpha value is -4.08. The molecule has 178 valence electrons. The Morgan fingerprint density at radius 2 is 1.53 bits per heavy atom. The lowest BCUT2D eigenvalue weighted by atomic mass is 10.1. The molecule has 34 heavy (non-hydrogen) atoms. The number of hydrogen-bond acceptors (Lipinski definition) is 7. The smallest absolute Gasteiger partial charge is 0.321 e. The summed E-state index contributed by atoms with van der Waals surface area (Å²) in [5, 5.41) is 11.6. The van der Waals surface area contributed by atoms with Gasteiger partial charge in [0.1, 0.15) is 5.82 Å². The molecule has 1 aromatic heterocycles. The topological polar surface area (TPSA) is 89.1 Å². The molecular formula is C24H26FN5O4. The van der Waals surface area contributed by atoms with Gasteiger partial charge in [-0.2, -0.15) is 0 Å². The van der Waals surface area contributed by atoms with E-state index in [0.717, 1.165) is 11.4 Å². The summed E-state index contributed by atoms with van der Waals surface area (Å²) in [7, 11) is 4.69. The zero-order valence-corrected chi connectivity index (χ0v) is 19.2. The van der Waals surface area contributed by atoms with Crippen molar-refractivity contribution in [1.29, 1.82) is 0 Å². The maximum Gasteiger partial charge on any atom is 0.321 e. The van der Waals surface area contributed by atoms with Gasteiger partial charge in [0.05, 0.1) is 27.0 Å². The number of benzene rings is 2. The number of amides is 2. The maximum atomic E-state index is 13.0. The van der Waals surface area contributed by atoms with Crippen molar-refractivity contribution >= 4 is 17.5 Å². The van der Waals surface area contributed by atoms with Crippen molar-refractivity contribution in [3.8, 4) is 28.5 Å². The number of rotatable bonds is 6. The number of carbonyl (C=O) groups excluding carboxylic acids is 1. The van der Waals surface area contributed by atoms with Crippen molar-refractivity contribution in [2.45, 2.75) is 0 Å². The molecule has 1 N–H and O–H groups in total. The Balaban J connectivity index is 1.40. The SMILES string of the molecule is COc1cc(-c2ccc(N3CCN(C(=O)Nc4ccc(F)cc4)CC3)nn2)cc(OC)c1OC. The first-order chi connectivity index (χ1) is 16.5. The molecule has 10 heteroatoms. The van der Waals surface area contributed by atoms with E-state index in [2.05, 4.69) is 20.4 Å². The molecule has 0 atom stereocenters. The fourth-order valence-corrected chi connectivity index (χ4v) is 3.75. The molecule has 0 saturated carbocycles. The van der Waals surface area contributed by atoms with Gasteiger partial charge in [-0.25, -0.2) is 9.18 Å². The predicted octanol–water partition coefficient (Wildman–Crippen LogP) is 3.66. The van der Waals surface area contributed by atoms with Gasteiger partial charge in [-0.3, -0.25) is 0 Å². The number of ether oxygens (including phenoxy) is 3. The second kappa shape index (κ2) is 10.2. The van der Waals surface area contributed by atoms with Crippen molar-refractivity contribution in [2.75, 3.05) is 57.7 Å². The number of piperazine rings is 1. The van der Waals surface area contributed by atoms with Crippen LogP contribution in [0.5, 0.6) is 17.2 Å².